The number of aliphatic carboxylic acids is 1. The van der Waals surface area contributed by atoms with Gasteiger partial charge >= 0.3 is 5.97 Å². The fourth-order valence-corrected chi connectivity index (χ4v) is 3.00. The molecule has 1 N–H and O–H groups in total. The van der Waals surface area contributed by atoms with Gasteiger partial charge in [-0.05, 0) is 24.1 Å². The maximum Gasteiger partial charge on any atom is 0.303 e. The Hall–Kier alpha value is -2.28. The number of carbonyl (C=O) groups excluding carboxylic acids is 1. The number of nitrogens with zero attached hydrogens (tertiary/aromatic N) is 2. The molecule has 1 amide bonds. The van der Waals surface area contributed by atoms with Gasteiger partial charge in [0.15, 0.2) is 0 Å². The summed E-state index contributed by atoms with van der Waals surface area (Å²) in [6.45, 7) is 0.414. The first-order valence-corrected chi connectivity index (χ1v) is 8.45. The minimum atomic E-state index is -0.860. The highest BCUT2D eigenvalue weighted by Gasteiger charge is 2.13. The number of amides is 1. The van der Waals surface area contributed by atoms with Crippen molar-refractivity contribution in [2.75, 3.05) is 13.6 Å². The van der Waals surface area contributed by atoms with Crippen LogP contribution in [-0.2, 0) is 22.4 Å². The van der Waals surface area contributed by atoms with Gasteiger partial charge in [-0.1, -0.05) is 12.1 Å². The van der Waals surface area contributed by atoms with Gasteiger partial charge in [0.2, 0.25) is 5.91 Å². The third kappa shape index (κ3) is 5.73. The third-order valence-corrected chi connectivity index (χ3v) is 4.41. The van der Waals surface area contributed by atoms with Crippen molar-refractivity contribution in [3.05, 3.63) is 51.7 Å². The minimum Gasteiger partial charge on any atom is -0.481 e. The van der Waals surface area contributed by atoms with Crippen LogP contribution in [0.25, 0.3) is 0 Å². The molecule has 0 bridgehead atoms. The largest absolute Gasteiger partial charge is 0.481 e. The number of carboxylic acid groups (broad SMARTS) is 1. The van der Waals surface area contributed by atoms with Crippen molar-refractivity contribution in [1.29, 1.82) is 0 Å². The molecule has 0 saturated carbocycles. The summed E-state index contributed by atoms with van der Waals surface area (Å²) < 4.78 is 12.9. The molecule has 0 radical (unpaired) electrons. The van der Waals surface area contributed by atoms with Crippen LogP contribution in [0, 0.1) is 5.82 Å². The maximum atomic E-state index is 12.9. The van der Waals surface area contributed by atoms with Crippen molar-refractivity contribution in [2.24, 2.45) is 0 Å². The Morgan fingerprint density at radius 3 is 2.67 bits per heavy atom. The number of carboxylic acids is 1. The van der Waals surface area contributed by atoms with Crippen LogP contribution in [0.2, 0.25) is 0 Å². The van der Waals surface area contributed by atoms with Gasteiger partial charge in [-0.3, -0.25) is 9.59 Å². The molecule has 2 rings (SSSR count). The molecule has 0 spiro atoms. The molecular weight excluding hydrogens is 331 g/mol. The van der Waals surface area contributed by atoms with E-state index in [0.717, 1.165) is 10.6 Å². The summed E-state index contributed by atoms with van der Waals surface area (Å²) in [7, 11) is 1.66. The molecule has 0 unspecified atom stereocenters. The Morgan fingerprint density at radius 1 is 1.29 bits per heavy atom. The SMILES string of the molecule is CN(CCCC(=O)O)C(=O)Cc1csc(Cc2ccc(F)cc2)n1. The fraction of sp³-hybridized carbons (Fsp3) is 0.353. The van der Waals surface area contributed by atoms with Crippen molar-refractivity contribution >= 4 is 23.2 Å². The zero-order chi connectivity index (χ0) is 17.5. The highest BCUT2D eigenvalue weighted by atomic mass is 32.1. The van der Waals surface area contributed by atoms with E-state index in [-0.39, 0.29) is 24.6 Å². The second-order valence-electron chi connectivity index (χ2n) is 5.53. The second kappa shape index (κ2) is 8.54. The zero-order valence-electron chi connectivity index (χ0n) is 13.4. The van der Waals surface area contributed by atoms with Gasteiger partial charge in [0, 0.05) is 31.8 Å². The average Bonchev–Trinajstić information content (AvgIpc) is 2.96. The fourth-order valence-electron chi connectivity index (χ4n) is 2.17. The van der Waals surface area contributed by atoms with Gasteiger partial charge in [-0.15, -0.1) is 11.3 Å². The number of benzene rings is 1. The molecule has 0 aliphatic heterocycles. The van der Waals surface area contributed by atoms with Crippen LogP contribution in [0.4, 0.5) is 4.39 Å². The van der Waals surface area contributed by atoms with E-state index in [2.05, 4.69) is 4.98 Å². The number of carbonyl (C=O) groups is 2. The van der Waals surface area contributed by atoms with Crippen LogP contribution in [0.1, 0.15) is 29.1 Å². The molecule has 0 aliphatic carbocycles. The molecule has 0 fully saturated rings. The van der Waals surface area contributed by atoms with Crippen LogP contribution in [0.3, 0.4) is 0 Å². The van der Waals surface area contributed by atoms with Crippen molar-refractivity contribution in [3.63, 3.8) is 0 Å². The quantitative estimate of drug-likeness (QED) is 0.795. The average molecular weight is 350 g/mol. The summed E-state index contributed by atoms with van der Waals surface area (Å²) in [5.41, 5.74) is 1.67. The lowest BCUT2D eigenvalue weighted by Crippen LogP contribution is -2.29. The predicted octanol–water partition coefficient (Wildman–Crippen LogP) is 2.74. The van der Waals surface area contributed by atoms with Gasteiger partial charge in [-0.25, -0.2) is 9.37 Å². The number of rotatable bonds is 8. The standard InChI is InChI=1S/C17H19FN2O3S/c1-20(8-2-3-17(22)23)16(21)10-14-11-24-15(19-14)9-12-4-6-13(18)7-5-12/h4-7,11H,2-3,8-10H2,1H3,(H,22,23). The van der Waals surface area contributed by atoms with E-state index in [1.165, 1.54) is 28.4 Å². The van der Waals surface area contributed by atoms with Gasteiger partial charge in [0.1, 0.15) is 5.82 Å². The van der Waals surface area contributed by atoms with Crippen LogP contribution in [-0.4, -0.2) is 40.5 Å². The van der Waals surface area contributed by atoms with E-state index >= 15 is 0 Å². The van der Waals surface area contributed by atoms with Crippen molar-refractivity contribution in [2.45, 2.75) is 25.7 Å². The monoisotopic (exact) mass is 350 g/mol. The van der Waals surface area contributed by atoms with Crippen LogP contribution in [0.15, 0.2) is 29.6 Å². The Morgan fingerprint density at radius 2 is 2.00 bits per heavy atom. The van der Waals surface area contributed by atoms with Crippen LogP contribution >= 0.6 is 11.3 Å². The topological polar surface area (TPSA) is 70.5 Å². The number of likely N-dealkylation sites (N-methyl/N-ethyl adjacent to an activating group) is 1. The van der Waals surface area contributed by atoms with Crippen molar-refractivity contribution < 1.29 is 19.1 Å². The zero-order valence-corrected chi connectivity index (χ0v) is 14.2. The third-order valence-electron chi connectivity index (χ3n) is 3.51. The highest BCUT2D eigenvalue weighted by Crippen LogP contribution is 2.16. The second-order valence-corrected chi connectivity index (χ2v) is 6.47. The molecule has 1 heterocycles. The number of thiazole rings is 1. The van der Waals surface area contributed by atoms with E-state index in [1.54, 1.807) is 19.2 Å². The Labute approximate surface area is 143 Å². The first-order chi connectivity index (χ1) is 11.4. The summed E-state index contributed by atoms with van der Waals surface area (Å²) in [6, 6.07) is 6.27. The van der Waals surface area contributed by atoms with Gasteiger partial charge in [0.25, 0.3) is 0 Å². The molecule has 0 saturated heterocycles. The van der Waals surface area contributed by atoms with Gasteiger partial charge in [0.05, 0.1) is 17.1 Å². The summed E-state index contributed by atoms with van der Waals surface area (Å²) >= 11 is 1.47. The van der Waals surface area contributed by atoms with Crippen LogP contribution < -0.4 is 0 Å². The first kappa shape index (κ1) is 18.1. The van der Waals surface area contributed by atoms with E-state index in [1.807, 2.05) is 5.38 Å². The Bertz CT molecular complexity index is 700. The molecule has 7 heteroatoms. The molecule has 5 nitrogen and oxygen atoms in total. The smallest absolute Gasteiger partial charge is 0.303 e. The van der Waals surface area contributed by atoms with E-state index in [9.17, 15) is 14.0 Å². The number of hydrogen-bond acceptors (Lipinski definition) is 4. The van der Waals surface area contributed by atoms with E-state index in [0.29, 0.717) is 25.1 Å². The lowest BCUT2D eigenvalue weighted by Gasteiger charge is -2.15. The molecule has 0 aliphatic rings. The summed E-state index contributed by atoms with van der Waals surface area (Å²) in [4.78, 5) is 28.5. The Balaban J connectivity index is 1.85. The number of halogens is 1. The van der Waals surface area contributed by atoms with Crippen molar-refractivity contribution in [1.82, 2.24) is 9.88 Å². The van der Waals surface area contributed by atoms with Crippen LogP contribution in [0.5, 0.6) is 0 Å². The summed E-state index contributed by atoms with van der Waals surface area (Å²) in [6.07, 6.45) is 1.29. The molecular formula is C17H19FN2O3S. The summed E-state index contributed by atoms with van der Waals surface area (Å²) in [5, 5.41) is 11.3. The van der Waals surface area contributed by atoms with E-state index < -0.39 is 5.97 Å². The molecule has 1 aromatic carbocycles. The molecule has 0 atom stereocenters. The first-order valence-electron chi connectivity index (χ1n) is 7.57. The molecule has 1 aromatic heterocycles. The normalized spacial score (nSPS) is 10.6. The lowest BCUT2D eigenvalue weighted by atomic mass is 10.1. The molecule has 128 valence electrons. The van der Waals surface area contributed by atoms with E-state index in [4.69, 9.17) is 5.11 Å². The molecule has 24 heavy (non-hydrogen) atoms. The van der Waals surface area contributed by atoms with Gasteiger partial charge in [-0.2, -0.15) is 0 Å². The van der Waals surface area contributed by atoms with Gasteiger partial charge < -0.3 is 10.0 Å². The Kier molecular flexibility index (Phi) is 6.43. The maximum absolute atomic E-state index is 12.9. The highest BCUT2D eigenvalue weighted by molar-refractivity contribution is 7.09. The summed E-state index contributed by atoms with van der Waals surface area (Å²) in [5.74, 6) is -1.21. The molecule has 2 aromatic rings. The van der Waals surface area contributed by atoms with Crippen molar-refractivity contribution in [3.8, 4) is 0 Å². The number of hydrogen-bond donors (Lipinski definition) is 1. The lowest BCUT2D eigenvalue weighted by molar-refractivity contribution is -0.138. The minimum absolute atomic E-state index is 0.0517. The predicted molar refractivity (Wildman–Crippen MR) is 89.5 cm³/mol. The number of aromatic nitrogens is 1.